The number of hydrogen-bond acceptors (Lipinski definition) is 2. The van der Waals surface area contributed by atoms with Crippen LogP contribution in [0, 0.1) is 13.8 Å². The summed E-state index contributed by atoms with van der Waals surface area (Å²) in [6.07, 6.45) is 0. The molecule has 0 saturated carbocycles. The molecule has 0 aliphatic carbocycles. The molecule has 4 aromatic rings. The average molecular weight is 422 g/mol. The van der Waals surface area contributed by atoms with Crippen LogP contribution in [0.2, 0.25) is 0 Å². The summed E-state index contributed by atoms with van der Waals surface area (Å²) < 4.78 is 0. The maximum absolute atomic E-state index is 11.9. The van der Waals surface area contributed by atoms with Gasteiger partial charge in [0.1, 0.15) is 5.78 Å². The fourth-order valence-corrected chi connectivity index (χ4v) is 3.02. The Morgan fingerprint density at radius 2 is 1.14 bits per heavy atom. The van der Waals surface area contributed by atoms with E-state index in [2.05, 4.69) is 0 Å². The number of carbonyl (C=O) groups excluding carboxylic acids is 2. The molecule has 152 valence electrons. The summed E-state index contributed by atoms with van der Waals surface area (Å²) in [6.45, 7) is 3.91. The van der Waals surface area contributed by atoms with Crippen LogP contribution in [-0.2, 0) is 17.1 Å². The molecule has 0 saturated heterocycles. The van der Waals surface area contributed by atoms with Crippen molar-refractivity contribution in [3.63, 3.8) is 0 Å². The van der Waals surface area contributed by atoms with Gasteiger partial charge in [0, 0.05) is 17.1 Å². The molecule has 0 aliphatic rings. The molecule has 0 heterocycles. The molecule has 4 rings (SSSR count). The third kappa shape index (κ3) is 5.51. The first kappa shape index (κ1) is 22.3. The zero-order valence-electron chi connectivity index (χ0n) is 16.4. The minimum atomic E-state index is 0. The van der Waals surface area contributed by atoms with Crippen molar-refractivity contribution in [1.82, 2.24) is 0 Å². The molecule has 0 aromatic heterocycles. The summed E-state index contributed by atoms with van der Waals surface area (Å²) >= 11 is 0. The number of rotatable bonds is 4. The minimum Gasteiger partial charge on any atom is -0.644 e. The minimum absolute atomic E-state index is 0. The van der Waals surface area contributed by atoms with Crippen molar-refractivity contribution in [2.24, 2.45) is 0 Å². The van der Waals surface area contributed by atoms with Crippen LogP contribution < -0.4 is 0 Å². The first-order valence-corrected chi connectivity index (χ1v) is 9.22. The summed E-state index contributed by atoms with van der Waals surface area (Å²) in [5.74, 6) is 0.209. The van der Waals surface area contributed by atoms with E-state index in [9.17, 15) is 9.59 Å². The van der Waals surface area contributed by atoms with Crippen molar-refractivity contribution < 1.29 is 26.7 Å². The van der Waals surface area contributed by atoms with E-state index in [1.165, 1.54) is 0 Å². The van der Waals surface area contributed by atoms with Gasteiger partial charge in [-0.05, 0) is 12.5 Å². The molecule has 3 heteroatoms. The smallest absolute Gasteiger partial charge is 0.112 e. The summed E-state index contributed by atoms with van der Waals surface area (Å²) in [4.78, 5) is 23.9. The summed E-state index contributed by atoms with van der Waals surface area (Å²) in [7, 11) is 0. The third-order valence-corrected chi connectivity index (χ3v) is 4.63. The molecule has 0 bridgehead atoms. The van der Waals surface area contributed by atoms with E-state index in [0.717, 1.165) is 33.4 Å². The van der Waals surface area contributed by atoms with Crippen LogP contribution in [0.25, 0.3) is 0 Å². The molecule has 4 aromatic carbocycles. The average Bonchev–Trinajstić information content (AvgIpc) is 3.42. The first-order valence-electron chi connectivity index (χ1n) is 9.22. The Labute approximate surface area is 182 Å². The molecular weight excluding hydrogens is 400 g/mol. The van der Waals surface area contributed by atoms with Crippen LogP contribution >= 0.6 is 0 Å². The molecule has 0 fully saturated rings. The van der Waals surface area contributed by atoms with Crippen LogP contribution in [0.1, 0.15) is 43.0 Å². The molecule has 0 spiro atoms. The fraction of sp³-hybridized carbons (Fsp3) is 0.0769. The Balaban J connectivity index is 0.000000200. The van der Waals surface area contributed by atoms with Crippen LogP contribution in [0.15, 0.2) is 97.1 Å². The Morgan fingerprint density at radius 1 is 0.690 bits per heavy atom. The quantitative estimate of drug-likeness (QED) is 0.234. The summed E-state index contributed by atoms with van der Waals surface area (Å²) in [6, 6.07) is 30.2. The largest absolute Gasteiger partial charge is 0.644 e. The molecule has 0 radical (unpaired) electrons. The van der Waals surface area contributed by atoms with Gasteiger partial charge in [-0.15, -0.1) is 12.1 Å². The summed E-state index contributed by atoms with van der Waals surface area (Å²) in [5, 5.41) is 0. The third-order valence-electron chi connectivity index (χ3n) is 4.63. The number of benzene rings is 2. The van der Waals surface area contributed by atoms with Gasteiger partial charge >= 0.3 is 0 Å². The van der Waals surface area contributed by atoms with Crippen molar-refractivity contribution in [2.75, 3.05) is 0 Å². The van der Waals surface area contributed by atoms with Crippen molar-refractivity contribution in [1.29, 1.82) is 0 Å². The van der Waals surface area contributed by atoms with E-state index in [0.29, 0.717) is 0 Å². The Kier molecular flexibility index (Phi) is 8.08. The SMILES string of the molecule is Cc1ccccc1C(=O)[c-]1[cH-][cH-][cH-][cH-]1.Cc1ccccc1C(=O)[c-]1cccc1.[Fe]. The van der Waals surface area contributed by atoms with Crippen LogP contribution in [0.3, 0.4) is 0 Å². The van der Waals surface area contributed by atoms with Gasteiger partial charge in [0.25, 0.3) is 0 Å². The van der Waals surface area contributed by atoms with E-state index >= 15 is 0 Å². The van der Waals surface area contributed by atoms with Gasteiger partial charge in [-0.1, -0.05) is 60.5 Å². The number of carbonyl (C=O) groups is 2. The van der Waals surface area contributed by atoms with Crippen molar-refractivity contribution >= 4 is 11.6 Å². The Hall–Kier alpha value is -3.00. The molecule has 0 atom stereocenters. The van der Waals surface area contributed by atoms with Gasteiger partial charge in [-0.25, -0.2) is 0 Å². The van der Waals surface area contributed by atoms with Crippen molar-refractivity contribution in [3.05, 3.63) is 130 Å². The topological polar surface area (TPSA) is 34.1 Å². The van der Waals surface area contributed by atoms with Crippen LogP contribution in [0.5, 0.6) is 0 Å². The predicted molar refractivity (Wildman–Crippen MR) is 113 cm³/mol. The monoisotopic (exact) mass is 422 g/mol. The fourth-order valence-electron chi connectivity index (χ4n) is 3.02. The molecule has 2 nitrogen and oxygen atoms in total. The standard InChI is InChI=1S/2C13H11O.Fe/c2*1-10-6-2-5-9-12(10)13(14)11-7-3-4-8-11;/h2*2-9H,1H3;/q-5;-1;. The molecular formula is C26H22FeO2-6. The van der Waals surface area contributed by atoms with E-state index in [1.807, 2.05) is 111 Å². The number of ketones is 2. The number of aryl methyl sites for hydroxylation is 2. The predicted octanol–water partition coefficient (Wildman–Crippen LogP) is 5.89. The molecule has 0 unspecified atom stereocenters. The number of hydrogen-bond donors (Lipinski definition) is 0. The Bertz CT molecular complexity index is 970. The zero-order valence-corrected chi connectivity index (χ0v) is 17.5. The van der Waals surface area contributed by atoms with E-state index < -0.39 is 0 Å². The summed E-state index contributed by atoms with van der Waals surface area (Å²) in [5.41, 5.74) is 5.16. The molecule has 0 amide bonds. The second kappa shape index (κ2) is 10.5. The van der Waals surface area contributed by atoms with Crippen molar-refractivity contribution in [2.45, 2.75) is 13.8 Å². The van der Waals surface area contributed by atoms with E-state index in [1.54, 1.807) is 0 Å². The van der Waals surface area contributed by atoms with Gasteiger partial charge in [0.2, 0.25) is 0 Å². The van der Waals surface area contributed by atoms with Crippen LogP contribution in [-0.4, -0.2) is 11.6 Å². The molecule has 0 N–H and O–H groups in total. The second-order valence-corrected chi connectivity index (χ2v) is 6.64. The molecule has 29 heavy (non-hydrogen) atoms. The van der Waals surface area contributed by atoms with Gasteiger partial charge < -0.3 is 50.8 Å². The maximum atomic E-state index is 11.9. The first-order chi connectivity index (χ1) is 13.6. The van der Waals surface area contributed by atoms with E-state index in [-0.39, 0.29) is 28.6 Å². The van der Waals surface area contributed by atoms with Gasteiger partial charge in [-0.2, -0.15) is 23.8 Å². The molecule has 0 aliphatic heterocycles. The zero-order chi connectivity index (χ0) is 19.9. The van der Waals surface area contributed by atoms with Gasteiger partial charge in [-0.3, -0.25) is 0 Å². The second-order valence-electron chi connectivity index (χ2n) is 6.64. The normalized spacial score (nSPS) is 9.72. The van der Waals surface area contributed by atoms with Crippen molar-refractivity contribution in [3.8, 4) is 0 Å². The van der Waals surface area contributed by atoms with Gasteiger partial charge in [0.05, 0.1) is 0 Å². The van der Waals surface area contributed by atoms with Gasteiger partial charge in [0.15, 0.2) is 0 Å². The maximum Gasteiger partial charge on any atom is 0.112 e. The Morgan fingerprint density at radius 3 is 1.62 bits per heavy atom. The van der Waals surface area contributed by atoms with Crippen LogP contribution in [0.4, 0.5) is 0 Å². The van der Waals surface area contributed by atoms with E-state index in [4.69, 9.17) is 0 Å².